The van der Waals surface area contributed by atoms with Crippen LogP contribution in [0.2, 0.25) is 0 Å². The highest BCUT2D eigenvalue weighted by molar-refractivity contribution is 6.03. The standard InChI is InChI=1S/C22H27N5O/c1-15-6-11-20(16(2)14-15)27-24-17(3)21(25-27)22(28)23-19-9-7-18(8-10-19)12-13-26(4)5/h6-11,14H,12-13H2,1-5H3,(H,23,28). The van der Waals surface area contributed by atoms with E-state index in [0.29, 0.717) is 11.4 Å². The zero-order valence-corrected chi connectivity index (χ0v) is 17.2. The van der Waals surface area contributed by atoms with Gasteiger partial charge in [-0.3, -0.25) is 4.79 Å². The number of nitrogens with one attached hydrogen (secondary N) is 1. The molecule has 1 aromatic heterocycles. The molecule has 146 valence electrons. The number of hydrogen-bond acceptors (Lipinski definition) is 4. The van der Waals surface area contributed by atoms with Gasteiger partial charge in [0.2, 0.25) is 0 Å². The van der Waals surface area contributed by atoms with E-state index in [0.717, 1.165) is 29.9 Å². The van der Waals surface area contributed by atoms with E-state index < -0.39 is 0 Å². The number of carbonyl (C=O) groups excluding carboxylic acids is 1. The van der Waals surface area contributed by atoms with E-state index in [-0.39, 0.29) is 5.91 Å². The molecular formula is C22H27N5O. The van der Waals surface area contributed by atoms with Gasteiger partial charge in [0, 0.05) is 12.2 Å². The van der Waals surface area contributed by atoms with Crippen LogP contribution in [-0.4, -0.2) is 46.4 Å². The zero-order valence-electron chi connectivity index (χ0n) is 17.2. The highest BCUT2D eigenvalue weighted by Gasteiger charge is 2.17. The van der Waals surface area contributed by atoms with Gasteiger partial charge >= 0.3 is 0 Å². The van der Waals surface area contributed by atoms with Gasteiger partial charge in [-0.05, 0) is 70.6 Å². The summed E-state index contributed by atoms with van der Waals surface area (Å²) in [6.07, 6.45) is 0.977. The van der Waals surface area contributed by atoms with Gasteiger partial charge in [0.15, 0.2) is 5.69 Å². The molecule has 0 bridgehead atoms. The van der Waals surface area contributed by atoms with Crippen molar-refractivity contribution in [2.75, 3.05) is 26.0 Å². The summed E-state index contributed by atoms with van der Waals surface area (Å²) < 4.78 is 0. The first-order chi connectivity index (χ1) is 13.3. The van der Waals surface area contributed by atoms with Gasteiger partial charge in [0.05, 0.1) is 11.4 Å². The average molecular weight is 377 g/mol. The predicted octanol–water partition coefficient (Wildman–Crippen LogP) is 3.55. The lowest BCUT2D eigenvalue weighted by molar-refractivity contribution is 0.102. The van der Waals surface area contributed by atoms with E-state index in [1.807, 2.05) is 50.2 Å². The molecule has 1 amide bonds. The Bertz CT molecular complexity index is 973. The molecule has 2 aromatic carbocycles. The van der Waals surface area contributed by atoms with Crippen molar-refractivity contribution in [3.05, 3.63) is 70.5 Å². The number of aryl methyl sites for hydroxylation is 3. The van der Waals surface area contributed by atoms with E-state index in [2.05, 4.69) is 40.6 Å². The largest absolute Gasteiger partial charge is 0.321 e. The van der Waals surface area contributed by atoms with E-state index in [1.54, 1.807) is 6.92 Å². The van der Waals surface area contributed by atoms with E-state index in [9.17, 15) is 4.79 Å². The topological polar surface area (TPSA) is 63.1 Å². The predicted molar refractivity (Wildman–Crippen MR) is 112 cm³/mol. The van der Waals surface area contributed by atoms with Crippen molar-refractivity contribution in [3.63, 3.8) is 0 Å². The second-order valence-corrected chi connectivity index (χ2v) is 7.42. The van der Waals surface area contributed by atoms with Gasteiger partial charge < -0.3 is 10.2 Å². The third-order valence-electron chi connectivity index (χ3n) is 4.62. The number of benzene rings is 2. The van der Waals surface area contributed by atoms with Gasteiger partial charge in [0.1, 0.15) is 0 Å². The van der Waals surface area contributed by atoms with Crippen LogP contribution in [0.4, 0.5) is 5.69 Å². The molecule has 1 N–H and O–H groups in total. The fourth-order valence-electron chi connectivity index (χ4n) is 3.02. The molecule has 3 aromatic rings. The quantitative estimate of drug-likeness (QED) is 0.714. The lowest BCUT2D eigenvalue weighted by atomic mass is 10.1. The van der Waals surface area contributed by atoms with E-state index >= 15 is 0 Å². The Balaban J connectivity index is 1.73. The van der Waals surface area contributed by atoms with Crippen LogP contribution in [0, 0.1) is 20.8 Å². The number of rotatable bonds is 6. The lowest BCUT2D eigenvalue weighted by Gasteiger charge is -2.10. The van der Waals surface area contributed by atoms with Crippen LogP contribution >= 0.6 is 0 Å². The second-order valence-electron chi connectivity index (χ2n) is 7.42. The molecule has 28 heavy (non-hydrogen) atoms. The maximum Gasteiger partial charge on any atom is 0.278 e. The molecule has 0 aliphatic heterocycles. The number of hydrogen-bond donors (Lipinski definition) is 1. The van der Waals surface area contributed by atoms with Crippen LogP contribution in [-0.2, 0) is 6.42 Å². The Morgan fingerprint density at radius 3 is 2.39 bits per heavy atom. The van der Waals surface area contributed by atoms with E-state index in [1.165, 1.54) is 15.9 Å². The first-order valence-electron chi connectivity index (χ1n) is 9.40. The SMILES string of the molecule is Cc1ccc(-n2nc(C)c(C(=O)Nc3ccc(CCN(C)C)cc3)n2)c(C)c1. The van der Waals surface area contributed by atoms with E-state index in [4.69, 9.17) is 0 Å². The van der Waals surface area contributed by atoms with Crippen molar-refractivity contribution in [1.82, 2.24) is 19.9 Å². The summed E-state index contributed by atoms with van der Waals surface area (Å²) in [7, 11) is 4.12. The number of likely N-dealkylation sites (N-methyl/N-ethyl adjacent to an activating group) is 1. The second kappa shape index (κ2) is 8.35. The number of carbonyl (C=O) groups is 1. The summed E-state index contributed by atoms with van der Waals surface area (Å²) in [5.74, 6) is -0.255. The molecule has 0 aliphatic rings. The Morgan fingerprint density at radius 2 is 1.75 bits per heavy atom. The molecule has 6 heteroatoms. The zero-order chi connectivity index (χ0) is 20.3. The fraction of sp³-hybridized carbons (Fsp3) is 0.318. The van der Waals surface area contributed by atoms with Crippen molar-refractivity contribution >= 4 is 11.6 Å². The minimum atomic E-state index is -0.255. The van der Waals surface area contributed by atoms with Crippen LogP contribution in [0.15, 0.2) is 42.5 Å². The third kappa shape index (κ3) is 4.64. The summed E-state index contributed by atoms with van der Waals surface area (Å²) in [6, 6.07) is 14.0. The Hall–Kier alpha value is -2.99. The summed E-state index contributed by atoms with van der Waals surface area (Å²) in [6.45, 7) is 6.85. The molecule has 0 radical (unpaired) electrons. The Morgan fingerprint density at radius 1 is 1.04 bits per heavy atom. The third-order valence-corrected chi connectivity index (χ3v) is 4.62. The Labute approximate surface area is 166 Å². The maximum absolute atomic E-state index is 12.7. The monoisotopic (exact) mass is 377 g/mol. The van der Waals surface area contributed by atoms with Crippen molar-refractivity contribution in [1.29, 1.82) is 0 Å². The van der Waals surface area contributed by atoms with Gasteiger partial charge in [-0.2, -0.15) is 9.90 Å². The molecule has 0 saturated carbocycles. The lowest BCUT2D eigenvalue weighted by Crippen LogP contribution is -2.15. The van der Waals surface area contributed by atoms with Crippen molar-refractivity contribution in [3.8, 4) is 5.69 Å². The van der Waals surface area contributed by atoms with Crippen LogP contribution in [0.1, 0.15) is 32.9 Å². The molecule has 0 spiro atoms. The van der Waals surface area contributed by atoms with Crippen LogP contribution in [0.3, 0.4) is 0 Å². The molecule has 0 saturated heterocycles. The number of aromatic nitrogens is 3. The first-order valence-corrected chi connectivity index (χ1v) is 9.40. The highest BCUT2D eigenvalue weighted by Crippen LogP contribution is 2.17. The summed E-state index contributed by atoms with van der Waals surface area (Å²) in [5.41, 5.74) is 6.03. The van der Waals surface area contributed by atoms with Gasteiger partial charge in [-0.25, -0.2) is 0 Å². The molecule has 1 heterocycles. The van der Waals surface area contributed by atoms with Crippen molar-refractivity contribution in [2.45, 2.75) is 27.2 Å². The van der Waals surface area contributed by atoms with Crippen molar-refractivity contribution < 1.29 is 4.79 Å². The molecule has 0 aliphatic carbocycles. The summed E-state index contributed by atoms with van der Waals surface area (Å²) in [4.78, 5) is 16.4. The summed E-state index contributed by atoms with van der Waals surface area (Å²) >= 11 is 0. The first kappa shape index (κ1) is 19.8. The number of anilines is 1. The highest BCUT2D eigenvalue weighted by atomic mass is 16.2. The normalized spacial score (nSPS) is 11.1. The number of nitrogens with zero attached hydrogens (tertiary/aromatic N) is 4. The molecule has 6 nitrogen and oxygen atoms in total. The molecule has 0 fully saturated rings. The molecule has 0 atom stereocenters. The van der Waals surface area contributed by atoms with Crippen molar-refractivity contribution in [2.24, 2.45) is 0 Å². The van der Waals surface area contributed by atoms with Crippen LogP contribution in [0.5, 0.6) is 0 Å². The van der Waals surface area contributed by atoms with Gasteiger partial charge in [-0.1, -0.05) is 29.8 Å². The molecular weight excluding hydrogens is 350 g/mol. The molecule has 0 unspecified atom stereocenters. The Kier molecular flexibility index (Phi) is 5.90. The smallest absolute Gasteiger partial charge is 0.278 e. The fourth-order valence-corrected chi connectivity index (χ4v) is 3.02. The van der Waals surface area contributed by atoms with Crippen LogP contribution in [0.25, 0.3) is 5.69 Å². The summed E-state index contributed by atoms with van der Waals surface area (Å²) in [5, 5.41) is 11.8. The minimum Gasteiger partial charge on any atom is -0.321 e. The average Bonchev–Trinajstić information content (AvgIpc) is 3.02. The molecule has 3 rings (SSSR count). The van der Waals surface area contributed by atoms with Crippen LogP contribution < -0.4 is 5.32 Å². The maximum atomic E-state index is 12.7. The van der Waals surface area contributed by atoms with Gasteiger partial charge in [0.25, 0.3) is 5.91 Å². The minimum absolute atomic E-state index is 0.255. The van der Waals surface area contributed by atoms with Gasteiger partial charge in [-0.15, -0.1) is 5.10 Å². The number of amides is 1.